The Bertz CT molecular complexity index is 533. The second-order valence-corrected chi connectivity index (χ2v) is 4.16. The molecule has 0 atom stereocenters. The van der Waals surface area contributed by atoms with Crippen LogP contribution in [0.1, 0.15) is 10.4 Å². The highest BCUT2D eigenvalue weighted by molar-refractivity contribution is 7.80. The fourth-order valence-corrected chi connectivity index (χ4v) is 1.66. The first kappa shape index (κ1) is 13.2. The van der Waals surface area contributed by atoms with Crippen LogP contribution in [-0.2, 0) is 0 Å². The molecule has 1 aliphatic heterocycles. The molecule has 100 valence electrons. The highest BCUT2D eigenvalue weighted by Crippen LogP contribution is 2.32. The lowest BCUT2D eigenvalue weighted by atomic mass is 10.2. The predicted molar refractivity (Wildman–Crippen MR) is 73.7 cm³/mol. The van der Waals surface area contributed by atoms with Gasteiger partial charge < -0.3 is 15.2 Å². The Hall–Kier alpha value is -2.28. The van der Waals surface area contributed by atoms with Gasteiger partial charge in [-0.05, 0) is 30.4 Å². The summed E-state index contributed by atoms with van der Waals surface area (Å²) in [5.41, 5.74) is 8.50. The number of thiocarbonyl (C=S) groups is 1. The second-order valence-electron chi connectivity index (χ2n) is 3.75. The Balaban J connectivity index is 2.11. The quantitative estimate of drug-likeness (QED) is 0.484. The molecule has 0 bridgehead atoms. The third-order valence-electron chi connectivity index (χ3n) is 2.45. The van der Waals surface area contributed by atoms with Gasteiger partial charge in [0.05, 0.1) is 6.54 Å². The SMILES string of the molecule is C=CCN(NC(=O)c1ccc2c(c1)OCO2)C(N)=S. The van der Waals surface area contributed by atoms with Gasteiger partial charge in [0.2, 0.25) is 6.79 Å². The lowest BCUT2D eigenvalue weighted by Gasteiger charge is -2.21. The Labute approximate surface area is 115 Å². The van der Waals surface area contributed by atoms with Crippen LogP contribution in [0.4, 0.5) is 0 Å². The van der Waals surface area contributed by atoms with Crippen LogP contribution in [-0.4, -0.2) is 29.4 Å². The third-order valence-corrected chi connectivity index (χ3v) is 2.67. The van der Waals surface area contributed by atoms with Crippen molar-refractivity contribution in [3.8, 4) is 11.5 Å². The van der Waals surface area contributed by atoms with Crippen LogP contribution in [0.5, 0.6) is 11.5 Å². The lowest BCUT2D eigenvalue weighted by molar-refractivity contribution is 0.0878. The van der Waals surface area contributed by atoms with Gasteiger partial charge in [-0.3, -0.25) is 15.2 Å². The molecule has 0 aliphatic carbocycles. The number of fused-ring (bicyclic) bond motifs is 1. The number of hydrazine groups is 1. The predicted octanol–water partition coefficient (Wildman–Crippen LogP) is 0.792. The van der Waals surface area contributed by atoms with Crippen LogP contribution in [0.2, 0.25) is 0 Å². The molecule has 1 aromatic rings. The Kier molecular flexibility index (Phi) is 3.86. The Morgan fingerprint density at radius 2 is 2.26 bits per heavy atom. The van der Waals surface area contributed by atoms with Gasteiger partial charge in [-0.2, -0.15) is 0 Å². The maximum Gasteiger partial charge on any atom is 0.270 e. The average molecular weight is 279 g/mol. The van der Waals surface area contributed by atoms with Crippen molar-refractivity contribution < 1.29 is 14.3 Å². The van der Waals surface area contributed by atoms with Crippen molar-refractivity contribution in [1.29, 1.82) is 0 Å². The molecule has 2 rings (SSSR count). The Morgan fingerprint density at radius 3 is 2.95 bits per heavy atom. The number of amides is 1. The molecule has 0 saturated carbocycles. The van der Waals surface area contributed by atoms with Gasteiger partial charge in [0.15, 0.2) is 16.6 Å². The van der Waals surface area contributed by atoms with Crippen LogP contribution in [0.25, 0.3) is 0 Å². The molecular formula is C12H13N3O3S. The molecule has 1 amide bonds. The van der Waals surface area contributed by atoms with Crippen molar-refractivity contribution in [3.63, 3.8) is 0 Å². The molecule has 6 nitrogen and oxygen atoms in total. The largest absolute Gasteiger partial charge is 0.454 e. The van der Waals surface area contributed by atoms with Gasteiger partial charge in [0.25, 0.3) is 5.91 Å². The smallest absolute Gasteiger partial charge is 0.270 e. The number of hydrogen-bond acceptors (Lipinski definition) is 4. The van der Waals surface area contributed by atoms with E-state index < -0.39 is 0 Å². The molecule has 0 spiro atoms. The molecular weight excluding hydrogens is 266 g/mol. The maximum absolute atomic E-state index is 12.0. The number of benzene rings is 1. The molecule has 0 fully saturated rings. The zero-order chi connectivity index (χ0) is 13.8. The Morgan fingerprint density at radius 1 is 1.53 bits per heavy atom. The topological polar surface area (TPSA) is 76.8 Å². The summed E-state index contributed by atoms with van der Waals surface area (Å²) in [7, 11) is 0. The van der Waals surface area contributed by atoms with E-state index in [0.717, 1.165) is 0 Å². The van der Waals surface area contributed by atoms with Crippen molar-refractivity contribution in [3.05, 3.63) is 36.4 Å². The molecule has 0 aromatic heterocycles. The van der Waals surface area contributed by atoms with E-state index in [1.165, 1.54) is 5.01 Å². The van der Waals surface area contributed by atoms with E-state index >= 15 is 0 Å². The fourth-order valence-electron chi connectivity index (χ4n) is 1.54. The van der Waals surface area contributed by atoms with E-state index in [-0.39, 0.29) is 17.8 Å². The van der Waals surface area contributed by atoms with Gasteiger partial charge in [-0.1, -0.05) is 6.08 Å². The van der Waals surface area contributed by atoms with Crippen LogP contribution < -0.4 is 20.6 Å². The van der Waals surface area contributed by atoms with Crippen molar-refractivity contribution in [1.82, 2.24) is 10.4 Å². The van der Waals surface area contributed by atoms with Gasteiger partial charge >= 0.3 is 0 Å². The van der Waals surface area contributed by atoms with E-state index in [1.807, 2.05) is 0 Å². The fraction of sp³-hybridized carbons (Fsp3) is 0.167. The van der Waals surface area contributed by atoms with Crippen molar-refractivity contribution in [2.24, 2.45) is 5.73 Å². The van der Waals surface area contributed by atoms with E-state index in [9.17, 15) is 4.79 Å². The average Bonchev–Trinajstić information content (AvgIpc) is 2.85. The van der Waals surface area contributed by atoms with E-state index in [1.54, 1.807) is 24.3 Å². The number of rotatable bonds is 3. The molecule has 1 aromatic carbocycles. The molecule has 19 heavy (non-hydrogen) atoms. The highest BCUT2D eigenvalue weighted by atomic mass is 32.1. The number of ether oxygens (including phenoxy) is 2. The number of carbonyl (C=O) groups excluding carboxylic acids is 1. The minimum Gasteiger partial charge on any atom is -0.454 e. The third kappa shape index (κ3) is 2.94. The van der Waals surface area contributed by atoms with E-state index in [4.69, 9.17) is 27.4 Å². The number of nitrogens with two attached hydrogens (primary N) is 1. The summed E-state index contributed by atoms with van der Waals surface area (Å²) in [4.78, 5) is 12.0. The number of nitrogens with one attached hydrogen (secondary N) is 1. The number of nitrogens with zero attached hydrogens (tertiary/aromatic N) is 1. The summed E-state index contributed by atoms with van der Waals surface area (Å²) in [6.45, 7) is 4.05. The molecule has 1 aliphatic rings. The number of carbonyl (C=O) groups is 1. The van der Waals surface area contributed by atoms with E-state index in [0.29, 0.717) is 23.6 Å². The van der Waals surface area contributed by atoms with Gasteiger partial charge in [0.1, 0.15) is 0 Å². The summed E-state index contributed by atoms with van der Waals surface area (Å²) < 4.78 is 10.4. The monoisotopic (exact) mass is 279 g/mol. The zero-order valence-corrected chi connectivity index (χ0v) is 10.9. The normalized spacial score (nSPS) is 11.8. The zero-order valence-electron chi connectivity index (χ0n) is 10.1. The minimum absolute atomic E-state index is 0.0639. The first-order valence-corrected chi connectivity index (χ1v) is 5.91. The van der Waals surface area contributed by atoms with Crippen molar-refractivity contribution in [2.75, 3.05) is 13.3 Å². The molecule has 7 heteroatoms. The molecule has 3 N–H and O–H groups in total. The van der Waals surface area contributed by atoms with Crippen LogP contribution >= 0.6 is 12.2 Å². The van der Waals surface area contributed by atoms with Crippen molar-refractivity contribution in [2.45, 2.75) is 0 Å². The van der Waals surface area contributed by atoms with Crippen LogP contribution in [0, 0.1) is 0 Å². The van der Waals surface area contributed by atoms with Crippen LogP contribution in [0.3, 0.4) is 0 Å². The molecule has 0 radical (unpaired) electrons. The van der Waals surface area contributed by atoms with Gasteiger partial charge in [0, 0.05) is 5.56 Å². The number of hydrogen-bond donors (Lipinski definition) is 2. The molecule has 0 saturated heterocycles. The standard InChI is InChI=1S/C12H13N3O3S/c1-2-5-15(12(13)19)14-11(16)8-3-4-9-10(6-8)18-7-17-9/h2-4,6H,1,5,7H2,(H2,13,19)(H,14,16). The van der Waals surface area contributed by atoms with Gasteiger partial charge in [-0.15, -0.1) is 6.58 Å². The summed E-state index contributed by atoms with van der Waals surface area (Å²) >= 11 is 4.83. The first-order chi connectivity index (χ1) is 9.11. The first-order valence-electron chi connectivity index (χ1n) is 5.50. The van der Waals surface area contributed by atoms with Crippen molar-refractivity contribution >= 4 is 23.2 Å². The highest BCUT2D eigenvalue weighted by Gasteiger charge is 2.17. The molecule has 0 unspecified atom stereocenters. The molecule has 1 heterocycles. The second kappa shape index (κ2) is 5.57. The van der Waals surface area contributed by atoms with Gasteiger partial charge in [-0.25, -0.2) is 0 Å². The minimum atomic E-state index is -0.340. The summed E-state index contributed by atoms with van der Waals surface area (Å²) in [6, 6.07) is 4.91. The lowest BCUT2D eigenvalue weighted by Crippen LogP contribution is -2.48. The summed E-state index contributed by atoms with van der Waals surface area (Å²) in [5, 5.41) is 1.39. The maximum atomic E-state index is 12.0. The summed E-state index contributed by atoms with van der Waals surface area (Å²) in [6.07, 6.45) is 1.58. The summed E-state index contributed by atoms with van der Waals surface area (Å²) in [5.74, 6) is 0.819. The van der Waals surface area contributed by atoms with Crippen LogP contribution in [0.15, 0.2) is 30.9 Å². The van der Waals surface area contributed by atoms with E-state index in [2.05, 4.69) is 12.0 Å².